The van der Waals surface area contributed by atoms with Crippen LogP contribution in [0.15, 0.2) is 72.9 Å². The second kappa shape index (κ2) is 8.33. The highest BCUT2D eigenvalue weighted by Gasteiger charge is 2.10. The van der Waals surface area contributed by atoms with Crippen LogP contribution in [0.1, 0.15) is 19.4 Å². The van der Waals surface area contributed by atoms with Gasteiger partial charge >= 0.3 is 0 Å². The molecule has 2 aromatic heterocycles. The quantitative estimate of drug-likeness (QED) is 0.392. The van der Waals surface area contributed by atoms with Gasteiger partial charge in [0.25, 0.3) is 0 Å². The van der Waals surface area contributed by atoms with Crippen molar-refractivity contribution in [2.75, 3.05) is 5.32 Å². The molecule has 0 unspecified atom stereocenters. The smallest absolute Gasteiger partial charge is 0.162 e. The number of aromatic nitrogens is 4. The normalized spacial score (nSPS) is 10.7. The summed E-state index contributed by atoms with van der Waals surface area (Å²) in [4.78, 5) is 9.63. The molecule has 5 nitrogen and oxygen atoms in total. The van der Waals surface area contributed by atoms with E-state index in [0.717, 1.165) is 38.9 Å². The Kier molecular flexibility index (Phi) is 5.44. The van der Waals surface area contributed by atoms with Gasteiger partial charge in [-0.2, -0.15) is 5.10 Å². The Hall–Kier alpha value is -3.73. The SMILES string of the molecule is CC.Cc1cccc(-c2nc(Nc3ccc4c(cnn4C)c3)c3ccccc3n2)c1. The van der Waals surface area contributed by atoms with Crippen molar-refractivity contribution in [3.05, 3.63) is 78.5 Å². The molecule has 0 radical (unpaired) electrons. The van der Waals surface area contributed by atoms with E-state index in [-0.39, 0.29) is 0 Å². The van der Waals surface area contributed by atoms with E-state index in [1.807, 2.05) is 74.2 Å². The molecule has 5 rings (SSSR count). The van der Waals surface area contributed by atoms with Crippen molar-refractivity contribution in [2.45, 2.75) is 20.8 Å². The molecule has 0 bridgehead atoms. The average Bonchev–Trinajstić information content (AvgIpc) is 3.15. The van der Waals surface area contributed by atoms with E-state index in [2.05, 4.69) is 41.6 Å². The fraction of sp³-hybridized carbons (Fsp3) is 0.160. The van der Waals surface area contributed by atoms with E-state index in [1.54, 1.807) is 0 Å². The summed E-state index contributed by atoms with van der Waals surface area (Å²) in [6.45, 7) is 6.08. The van der Waals surface area contributed by atoms with Crippen LogP contribution in [0.2, 0.25) is 0 Å². The van der Waals surface area contributed by atoms with E-state index < -0.39 is 0 Å². The highest BCUT2D eigenvalue weighted by Crippen LogP contribution is 2.28. The van der Waals surface area contributed by atoms with Gasteiger partial charge < -0.3 is 5.32 Å². The monoisotopic (exact) mass is 395 g/mol. The van der Waals surface area contributed by atoms with Crippen molar-refractivity contribution in [1.82, 2.24) is 19.7 Å². The van der Waals surface area contributed by atoms with Gasteiger partial charge in [0.15, 0.2) is 5.82 Å². The van der Waals surface area contributed by atoms with Gasteiger partial charge in [-0.1, -0.05) is 49.7 Å². The van der Waals surface area contributed by atoms with Crippen LogP contribution in [0.3, 0.4) is 0 Å². The number of benzene rings is 3. The van der Waals surface area contributed by atoms with Gasteiger partial charge in [-0.3, -0.25) is 4.68 Å². The van der Waals surface area contributed by atoms with Gasteiger partial charge in [-0.15, -0.1) is 0 Å². The van der Waals surface area contributed by atoms with Crippen molar-refractivity contribution >= 4 is 33.3 Å². The molecule has 0 aliphatic carbocycles. The predicted octanol–water partition coefficient (Wildman–Crippen LogP) is 6.26. The van der Waals surface area contributed by atoms with Gasteiger partial charge in [0.1, 0.15) is 5.82 Å². The minimum atomic E-state index is 0.715. The zero-order valence-corrected chi connectivity index (χ0v) is 17.7. The van der Waals surface area contributed by atoms with Crippen molar-refractivity contribution in [3.63, 3.8) is 0 Å². The van der Waals surface area contributed by atoms with Crippen molar-refractivity contribution in [1.29, 1.82) is 0 Å². The average molecular weight is 396 g/mol. The lowest BCUT2D eigenvalue weighted by molar-refractivity contribution is 0.797. The van der Waals surface area contributed by atoms with Crippen LogP contribution in [0.5, 0.6) is 0 Å². The van der Waals surface area contributed by atoms with Gasteiger partial charge in [-0.25, -0.2) is 9.97 Å². The van der Waals surface area contributed by atoms with Crippen molar-refractivity contribution < 1.29 is 0 Å². The second-order valence-corrected chi connectivity index (χ2v) is 6.95. The molecule has 150 valence electrons. The zero-order chi connectivity index (χ0) is 21.1. The van der Waals surface area contributed by atoms with Crippen LogP contribution < -0.4 is 5.32 Å². The molecule has 1 N–H and O–H groups in total. The lowest BCUT2D eigenvalue weighted by Crippen LogP contribution is -1.99. The van der Waals surface area contributed by atoms with E-state index in [9.17, 15) is 0 Å². The number of anilines is 2. The Labute approximate surface area is 176 Å². The molecule has 5 heteroatoms. The molecular weight excluding hydrogens is 370 g/mol. The summed E-state index contributed by atoms with van der Waals surface area (Å²) in [7, 11) is 1.95. The number of nitrogens with one attached hydrogen (secondary N) is 1. The lowest BCUT2D eigenvalue weighted by Gasteiger charge is -2.11. The van der Waals surface area contributed by atoms with Gasteiger partial charge in [0, 0.05) is 29.1 Å². The summed E-state index contributed by atoms with van der Waals surface area (Å²) < 4.78 is 1.87. The first-order valence-corrected chi connectivity index (χ1v) is 10.2. The number of para-hydroxylation sites is 1. The summed E-state index contributed by atoms with van der Waals surface area (Å²) in [6.07, 6.45) is 1.87. The topological polar surface area (TPSA) is 55.6 Å². The van der Waals surface area contributed by atoms with E-state index >= 15 is 0 Å². The Morgan fingerprint density at radius 1 is 0.867 bits per heavy atom. The molecule has 0 saturated heterocycles. The number of nitrogens with zero attached hydrogens (tertiary/aromatic N) is 4. The van der Waals surface area contributed by atoms with Crippen LogP contribution in [-0.4, -0.2) is 19.7 Å². The molecule has 0 amide bonds. The third kappa shape index (κ3) is 3.74. The van der Waals surface area contributed by atoms with Crippen LogP contribution in [0.25, 0.3) is 33.2 Å². The predicted molar refractivity (Wildman–Crippen MR) is 125 cm³/mol. The van der Waals surface area contributed by atoms with Crippen LogP contribution in [0.4, 0.5) is 11.5 Å². The summed E-state index contributed by atoms with van der Waals surface area (Å²) in [5, 5.41) is 9.88. The Balaban J connectivity index is 0.00000106. The first-order chi connectivity index (χ1) is 14.7. The maximum Gasteiger partial charge on any atom is 0.162 e. The standard InChI is InChI=1S/C23H19N5.C2H6/c1-15-6-5-7-16(12-15)22-26-20-9-4-3-8-19(20)23(27-22)25-18-10-11-21-17(13-18)14-24-28(21)2;1-2/h3-14H,1-2H3,(H,25,26,27);1-2H3. The van der Waals surface area contributed by atoms with Crippen LogP contribution in [0, 0.1) is 6.92 Å². The number of hydrogen-bond acceptors (Lipinski definition) is 4. The zero-order valence-electron chi connectivity index (χ0n) is 17.7. The lowest BCUT2D eigenvalue weighted by atomic mass is 10.1. The molecule has 30 heavy (non-hydrogen) atoms. The van der Waals surface area contributed by atoms with Gasteiger partial charge in [0.05, 0.1) is 17.2 Å². The van der Waals surface area contributed by atoms with E-state index in [0.29, 0.717) is 5.82 Å². The number of hydrogen-bond donors (Lipinski definition) is 1. The Bertz CT molecular complexity index is 1320. The van der Waals surface area contributed by atoms with Crippen molar-refractivity contribution in [3.8, 4) is 11.4 Å². The van der Waals surface area contributed by atoms with Gasteiger partial charge in [0.2, 0.25) is 0 Å². The number of aryl methyl sites for hydroxylation is 2. The summed E-state index contributed by atoms with van der Waals surface area (Å²) >= 11 is 0. The molecule has 0 aliphatic rings. The fourth-order valence-corrected chi connectivity index (χ4v) is 3.46. The molecule has 0 spiro atoms. The molecule has 0 saturated carbocycles. The van der Waals surface area contributed by atoms with Crippen molar-refractivity contribution in [2.24, 2.45) is 7.05 Å². The molecule has 0 aliphatic heterocycles. The van der Waals surface area contributed by atoms with E-state index in [1.165, 1.54) is 5.56 Å². The molecular formula is C25H25N5. The first-order valence-electron chi connectivity index (χ1n) is 10.2. The molecule has 0 atom stereocenters. The third-order valence-electron chi connectivity index (χ3n) is 4.89. The number of rotatable bonds is 3. The molecule has 2 heterocycles. The van der Waals surface area contributed by atoms with Crippen LogP contribution >= 0.6 is 0 Å². The van der Waals surface area contributed by atoms with Gasteiger partial charge in [-0.05, 0) is 43.3 Å². The number of fused-ring (bicyclic) bond motifs is 2. The Morgan fingerprint density at radius 3 is 2.53 bits per heavy atom. The highest BCUT2D eigenvalue weighted by molar-refractivity contribution is 5.93. The fourth-order valence-electron chi connectivity index (χ4n) is 3.46. The maximum absolute atomic E-state index is 4.85. The maximum atomic E-state index is 4.85. The van der Waals surface area contributed by atoms with E-state index in [4.69, 9.17) is 9.97 Å². The third-order valence-corrected chi connectivity index (χ3v) is 4.89. The summed E-state index contributed by atoms with van der Waals surface area (Å²) in [5.74, 6) is 1.51. The molecule has 0 fully saturated rings. The largest absolute Gasteiger partial charge is 0.340 e. The first kappa shape index (κ1) is 19.6. The summed E-state index contributed by atoms with van der Waals surface area (Å²) in [5.41, 5.74) is 5.18. The molecule has 5 aromatic rings. The second-order valence-electron chi connectivity index (χ2n) is 6.95. The minimum absolute atomic E-state index is 0.715. The summed E-state index contributed by atoms with van der Waals surface area (Å²) in [6, 6.07) is 22.5. The molecule has 3 aromatic carbocycles. The highest BCUT2D eigenvalue weighted by atomic mass is 15.2. The minimum Gasteiger partial charge on any atom is -0.340 e. The Morgan fingerprint density at radius 2 is 1.70 bits per heavy atom. The van der Waals surface area contributed by atoms with Crippen LogP contribution in [-0.2, 0) is 7.05 Å².